The number of methoxy groups -OCH3 is 2. The average Bonchev–Trinajstić information content (AvgIpc) is 2.59. The Balaban J connectivity index is 1.84. The van der Waals surface area contributed by atoms with E-state index in [0.717, 1.165) is 31.4 Å². The molecule has 0 spiro atoms. The minimum atomic E-state index is 0.195. The van der Waals surface area contributed by atoms with Crippen LogP contribution in [0.15, 0.2) is 42.5 Å². The van der Waals surface area contributed by atoms with Gasteiger partial charge in [0.2, 0.25) is 0 Å². The van der Waals surface area contributed by atoms with E-state index in [1.54, 1.807) is 20.3 Å². The maximum absolute atomic E-state index is 9.64. The number of phenols is 1. The van der Waals surface area contributed by atoms with Crippen LogP contribution in [0.25, 0.3) is 0 Å². The van der Waals surface area contributed by atoms with Gasteiger partial charge in [-0.3, -0.25) is 0 Å². The molecule has 1 unspecified atom stereocenters. The Labute approximate surface area is 138 Å². The Morgan fingerprint density at radius 3 is 2.35 bits per heavy atom. The summed E-state index contributed by atoms with van der Waals surface area (Å²) in [7, 11) is 3.30. The quantitative estimate of drug-likeness (QED) is 0.773. The fourth-order valence-electron chi connectivity index (χ4n) is 2.75. The van der Waals surface area contributed by atoms with Crippen LogP contribution in [0, 0.1) is 5.92 Å². The molecule has 0 aliphatic carbocycles. The number of rotatable bonds is 8. The predicted octanol–water partition coefficient (Wildman–Crippen LogP) is 4.61. The molecule has 0 aromatic heterocycles. The third-order valence-electron chi connectivity index (χ3n) is 4.27. The molecule has 0 radical (unpaired) electrons. The van der Waals surface area contributed by atoms with Gasteiger partial charge in [-0.2, -0.15) is 0 Å². The van der Waals surface area contributed by atoms with Crippen LogP contribution in [0.3, 0.4) is 0 Å². The van der Waals surface area contributed by atoms with Gasteiger partial charge in [0.15, 0.2) is 11.5 Å². The second-order valence-electron chi connectivity index (χ2n) is 6.00. The van der Waals surface area contributed by atoms with Crippen molar-refractivity contribution in [3.8, 4) is 17.2 Å². The van der Waals surface area contributed by atoms with Crippen LogP contribution in [0.5, 0.6) is 17.2 Å². The normalized spacial score (nSPS) is 12.0. The number of aromatic hydroxyl groups is 1. The summed E-state index contributed by atoms with van der Waals surface area (Å²) in [5.41, 5.74) is 2.47. The zero-order valence-electron chi connectivity index (χ0n) is 14.2. The lowest BCUT2D eigenvalue weighted by Crippen LogP contribution is -2.01. The van der Waals surface area contributed by atoms with Gasteiger partial charge in [-0.05, 0) is 60.9 Å². The van der Waals surface area contributed by atoms with Gasteiger partial charge in [0.1, 0.15) is 5.75 Å². The minimum Gasteiger partial charge on any atom is -0.504 e. The van der Waals surface area contributed by atoms with Gasteiger partial charge in [0.05, 0.1) is 14.2 Å². The molecule has 0 heterocycles. The highest BCUT2D eigenvalue weighted by Gasteiger charge is 2.08. The van der Waals surface area contributed by atoms with Crippen molar-refractivity contribution in [1.82, 2.24) is 0 Å². The van der Waals surface area contributed by atoms with Crippen LogP contribution in [0.2, 0.25) is 0 Å². The molecule has 2 aromatic carbocycles. The van der Waals surface area contributed by atoms with Gasteiger partial charge < -0.3 is 14.6 Å². The van der Waals surface area contributed by atoms with Crippen molar-refractivity contribution in [3.63, 3.8) is 0 Å². The third kappa shape index (κ3) is 4.92. The zero-order chi connectivity index (χ0) is 16.7. The summed E-state index contributed by atoms with van der Waals surface area (Å²) in [5.74, 6) is 2.34. The fraction of sp³-hybridized carbons (Fsp3) is 0.400. The van der Waals surface area contributed by atoms with E-state index in [2.05, 4.69) is 19.1 Å². The van der Waals surface area contributed by atoms with Crippen LogP contribution in [0.1, 0.15) is 30.9 Å². The lowest BCUT2D eigenvalue weighted by Gasteiger charge is -2.13. The highest BCUT2D eigenvalue weighted by atomic mass is 16.5. The second-order valence-corrected chi connectivity index (χ2v) is 6.00. The number of aryl methyl sites for hydroxylation is 2. The summed E-state index contributed by atoms with van der Waals surface area (Å²) in [6.45, 7) is 2.28. The van der Waals surface area contributed by atoms with Crippen molar-refractivity contribution in [3.05, 3.63) is 53.6 Å². The summed E-state index contributed by atoms with van der Waals surface area (Å²) in [6, 6.07) is 13.8. The Morgan fingerprint density at radius 1 is 0.913 bits per heavy atom. The molecule has 2 rings (SSSR count). The Kier molecular flexibility index (Phi) is 6.33. The van der Waals surface area contributed by atoms with E-state index in [0.29, 0.717) is 11.7 Å². The van der Waals surface area contributed by atoms with E-state index in [4.69, 9.17) is 9.47 Å². The molecule has 124 valence electrons. The standard InChI is InChI=1S/C20H26O3/c1-15(9-12-17-6-4-5-7-19(17)22-2)8-10-16-11-13-18(21)20(14-16)23-3/h4-7,11,13-15,21H,8-10,12H2,1-3H3. The highest BCUT2D eigenvalue weighted by molar-refractivity contribution is 5.41. The summed E-state index contributed by atoms with van der Waals surface area (Å²) < 4.78 is 10.6. The molecule has 1 atom stereocenters. The summed E-state index contributed by atoms with van der Waals surface area (Å²) >= 11 is 0. The zero-order valence-corrected chi connectivity index (χ0v) is 14.2. The van der Waals surface area contributed by atoms with Crippen LogP contribution in [-0.4, -0.2) is 19.3 Å². The summed E-state index contributed by atoms with van der Waals surface area (Å²) in [5, 5.41) is 9.64. The highest BCUT2D eigenvalue weighted by Crippen LogP contribution is 2.28. The maximum Gasteiger partial charge on any atom is 0.160 e. The Morgan fingerprint density at radius 2 is 1.61 bits per heavy atom. The van der Waals surface area contributed by atoms with Crippen LogP contribution < -0.4 is 9.47 Å². The molecule has 1 N–H and O–H groups in total. The molecule has 0 saturated carbocycles. The van der Waals surface area contributed by atoms with E-state index in [1.807, 2.05) is 24.3 Å². The van der Waals surface area contributed by atoms with Crippen molar-refractivity contribution >= 4 is 0 Å². The summed E-state index contributed by atoms with van der Waals surface area (Å²) in [6.07, 6.45) is 4.27. The number of para-hydroxylation sites is 1. The van der Waals surface area contributed by atoms with Gasteiger partial charge in [-0.1, -0.05) is 31.2 Å². The van der Waals surface area contributed by atoms with Crippen LogP contribution in [-0.2, 0) is 12.8 Å². The van der Waals surface area contributed by atoms with Gasteiger partial charge in [-0.15, -0.1) is 0 Å². The molecule has 0 fully saturated rings. The largest absolute Gasteiger partial charge is 0.504 e. The van der Waals surface area contributed by atoms with Gasteiger partial charge >= 0.3 is 0 Å². The lowest BCUT2D eigenvalue weighted by atomic mass is 9.94. The molecular formula is C20H26O3. The fourth-order valence-corrected chi connectivity index (χ4v) is 2.75. The lowest BCUT2D eigenvalue weighted by molar-refractivity contribution is 0.372. The second kappa shape index (κ2) is 8.47. The van der Waals surface area contributed by atoms with Gasteiger partial charge in [-0.25, -0.2) is 0 Å². The molecule has 0 aliphatic heterocycles. The smallest absolute Gasteiger partial charge is 0.160 e. The molecule has 0 aliphatic rings. The van der Waals surface area contributed by atoms with Crippen molar-refractivity contribution in [2.75, 3.05) is 14.2 Å². The van der Waals surface area contributed by atoms with Crippen molar-refractivity contribution in [2.45, 2.75) is 32.6 Å². The van der Waals surface area contributed by atoms with Crippen LogP contribution in [0.4, 0.5) is 0 Å². The maximum atomic E-state index is 9.64. The number of hydrogen-bond donors (Lipinski definition) is 1. The van der Waals surface area contributed by atoms with E-state index < -0.39 is 0 Å². The van der Waals surface area contributed by atoms with E-state index in [1.165, 1.54) is 11.1 Å². The van der Waals surface area contributed by atoms with Crippen molar-refractivity contribution in [1.29, 1.82) is 0 Å². The number of ether oxygens (including phenoxy) is 2. The molecular weight excluding hydrogens is 288 g/mol. The van der Waals surface area contributed by atoms with Gasteiger partial charge in [0.25, 0.3) is 0 Å². The van der Waals surface area contributed by atoms with E-state index >= 15 is 0 Å². The Hall–Kier alpha value is -2.16. The molecule has 3 nitrogen and oxygen atoms in total. The molecule has 3 heteroatoms. The minimum absolute atomic E-state index is 0.195. The first-order chi connectivity index (χ1) is 11.1. The van der Waals surface area contributed by atoms with Gasteiger partial charge in [0, 0.05) is 0 Å². The first kappa shape index (κ1) is 17.2. The molecule has 0 bridgehead atoms. The number of benzene rings is 2. The molecule has 0 amide bonds. The monoisotopic (exact) mass is 314 g/mol. The first-order valence-electron chi connectivity index (χ1n) is 8.11. The molecule has 23 heavy (non-hydrogen) atoms. The number of hydrogen-bond acceptors (Lipinski definition) is 3. The molecule has 2 aromatic rings. The number of phenolic OH excluding ortho intramolecular Hbond substituents is 1. The van der Waals surface area contributed by atoms with E-state index in [9.17, 15) is 5.11 Å². The first-order valence-corrected chi connectivity index (χ1v) is 8.11. The third-order valence-corrected chi connectivity index (χ3v) is 4.27. The predicted molar refractivity (Wildman–Crippen MR) is 93.5 cm³/mol. The SMILES string of the molecule is COc1cc(CCC(C)CCc2ccccc2OC)ccc1O. The van der Waals surface area contributed by atoms with Crippen molar-refractivity contribution < 1.29 is 14.6 Å². The average molecular weight is 314 g/mol. The topological polar surface area (TPSA) is 38.7 Å². The molecule has 0 saturated heterocycles. The van der Waals surface area contributed by atoms with Crippen LogP contribution >= 0.6 is 0 Å². The van der Waals surface area contributed by atoms with Crippen molar-refractivity contribution in [2.24, 2.45) is 5.92 Å². The summed E-state index contributed by atoms with van der Waals surface area (Å²) in [4.78, 5) is 0. The van der Waals surface area contributed by atoms with E-state index in [-0.39, 0.29) is 5.75 Å². The Bertz CT molecular complexity index is 622.